The summed E-state index contributed by atoms with van der Waals surface area (Å²) in [5, 5.41) is 2.70. The van der Waals surface area contributed by atoms with E-state index >= 15 is 0 Å². The molecule has 1 aliphatic heterocycles. The Bertz CT molecular complexity index is 770. The van der Waals surface area contributed by atoms with Crippen molar-refractivity contribution in [3.05, 3.63) is 59.1 Å². The molecule has 5 nitrogen and oxygen atoms in total. The van der Waals surface area contributed by atoms with Gasteiger partial charge in [0.2, 0.25) is 11.8 Å². The summed E-state index contributed by atoms with van der Waals surface area (Å²) in [6.45, 7) is 0.443. The number of aromatic nitrogens is 1. The SMILES string of the molecule is O=C(Cc1cccnc1)NC1CCN(c2ccc(F)c(Cl)c2)C1=O. The van der Waals surface area contributed by atoms with Crippen LogP contribution in [-0.2, 0) is 16.0 Å². The van der Waals surface area contributed by atoms with Gasteiger partial charge in [-0.3, -0.25) is 14.6 Å². The maximum Gasteiger partial charge on any atom is 0.249 e. The fraction of sp³-hybridized carbons (Fsp3) is 0.235. The number of anilines is 1. The van der Waals surface area contributed by atoms with E-state index in [9.17, 15) is 14.0 Å². The van der Waals surface area contributed by atoms with Crippen LogP contribution in [0.4, 0.5) is 10.1 Å². The highest BCUT2D eigenvalue weighted by atomic mass is 35.5. The molecule has 1 N–H and O–H groups in total. The van der Waals surface area contributed by atoms with Gasteiger partial charge in [-0.1, -0.05) is 17.7 Å². The Morgan fingerprint density at radius 1 is 1.42 bits per heavy atom. The van der Waals surface area contributed by atoms with Crippen molar-refractivity contribution in [1.82, 2.24) is 10.3 Å². The summed E-state index contributed by atoms with van der Waals surface area (Å²) in [7, 11) is 0. The minimum absolute atomic E-state index is 0.0376. The van der Waals surface area contributed by atoms with E-state index in [0.29, 0.717) is 18.7 Å². The maximum atomic E-state index is 13.2. The van der Waals surface area contributed by atoms with Gasteiger partial charge in [-0.25, -0.2) is 4.39 Å². The van der Waals surface area contributed by atoms with Crippen molar-refractivity contribution in [3.63, 3.8) is 0 Å². The number of rotatable bonds is 4. The lowest BCUT2D eigenvalue weighted by atomic mass is 10.2. The van der Waals surface area contributed by atoms with Crippen LogP contribution in [0.3, 0.4) is 0 Å². The number of carbonyl (C=O) groups is 2. The average Bonchev–Trinajstić information content (AvgIpc) is 2.92. The van der Waals surface area contributed by atoms with Gasteiger partial charge in [-0.2, -0.15) is 0 Å². The van der Waals surface area contributed by atoms with Crippen molar-refractivity contribution in [3.8, 4) is 0 Å². The summed E-state index contributed by atoms with van der Waals surface area (Å²) in [5.41, 5.74) is 1.30. The molecule has 0 radical (unpaired) electrons. The number of nitrogens with zero attached hydrogens (tertiary/aromatic N) is 2. The van der Waals surface area contributed by atoms with Crippen LogP contribution in [0, 0.1) is 5.82 Å². The lowest BCUT2D eigenvalue weighted by molar-refractivity contribution is -0.126. The van der Waals surface area contributed by atoms with Gasteiger partial charge in [0.1, 0.15) is 11.9 Å². The molecule has 1 fully saturated rings. The Kier molecular flexibility index (Phi) is 4.76. The first kappa shape index (κ1) is 16.4. The molecule has 0 bridgehead atoms. The Balaban J connectivity index is 1.63. The van der Waals surface area contributed by atoms with Gasteiger partial charge in [-0.15, -0.1) is 0 Å². The zero-order valence-electron chi connectivity index (χ0n) is 12.7. The number of hydrogen-bond donors (Lipinski definition) is 1. The molecule has 3 rings (SSSR count). The van der Waals surface area contributed by atoms with Gasteiger partial charge in [0.25, 0.3) is 0 Å². The van der Waals surface area contributed by atoms with Crippen LogP contribution < -0.4 is 10.2 Å². The molecule has 7 heteroatoms. The zero-order chi connectivity index (χ0) is 17.1. The molecule has 0 saturated carbocycles. The standard InChI is InChI=1S/C17H15ClFN3O2/c18-13-9-12(3-4-14(13)19)22-7-5-15(17(22)24)21-16(23)8-11-2-1-6-20-10-11/h1-4,6,9-10,15H,5,7-8H2,(H,21,23). The van der Waals surface area contributed by atoms with Crippen LogP contribution in [0.25, 0.3) is 0 Å². The summed E-state index contributed by atoms with van der Waals surface area (Å²) >= 11 is 5.76. The van der Waals surface area contributed by atoms with Crippen molar-refractivity contribution < 1.29 is 14.0 Å². The first-order chi connectivity index (χ1) is 11.5. The fourth-order valence-corrected chi connectivity index (χ4v) is 2.83. The highest BCUT2D eigenvalue weighted by Crippen LogP contribution is 2.26. The van der Waals surface area contributed by atoms with Crippen LogP contribution >= 0.6 is 11.6 Å². The highest BCUT2D eigenvalue weighted by molar-refractivity contribution is 6.31. The van der Waals surface area contributed by atoms with E-state index in [2.05, 4.69) is 10.3 Å². The molecule has 2 heterocycles. The third kappa shape index (κ3) is 3.54. The number of amides is 2. The second kappa shape index (κ2) is 6.97. The molecule has 0 spiro atoms. The molecule has 2 aromatic rings. The monoisotopic (exact) mass is 347 g/mol. The van der Waals surface area contributed by atoms with E-state index in [1.807, 2.05) is 0 Å². The second-order valence-corrected chi connectivity index (χ2v) is 5.94. The Morgan fingerprint density at radius 2 is 2.25 bits per heavy atom. The largest absolute Gasteiger partial charge is 0.344 e. The first-order valence-electron chi connectivity index (χ1n) is 7.49. The third-order valence-electron chi connectivity index (χ3n) is 3.84. The Labute approximate surface area is 143 Å². The molecular weight excluding hydrogens is 333 g/mol. The number of pyridine rings is 1. The molecule has 1 unspecified atom stereocenters. The van der Waals surface area contributed by atoms with Gasteiger partial charge in [0.05, 0.1) is 11.4 Å². The fourth-order valence-electron chi connectivity index (χ4n) is 2.66. The summed E-state index contributed by atoms with van der Waals surface area (Å²) in [6.07, 6.45) is 3.91. The van der Waals surface area contributed by atoms with E-state index in [1.165, 1.54) is 23.1 Å². The zero-order valence-corrected chi connectivity index (χ0v) is 13.5. The van der Waals surface area contributed by atoms with Crippen LogP contribution in [0.5, 0.6) is 0 Å². The minimum Gasteiger partial charge on any atom is -0.344 e. The number of nitrogens with one attached hydrogen (secondary N) is 1. The van der Waals surface area contributed by atoms with Gasteiger partial charge < -0.3 is 10.2 Å². The molecule has 124 valence electrons. The summed E-state index contributed by atoms with van der Waals surface area (Å²) < 4.78 is 13.2. The molecule has 2 amide bonds. The van der Waals surface area contributed by atoms with Crippen molar-refractivity contribution >= 4 is 29.1 Å². The Morgan fingerprint density at radius 3 is 2.96 bits per heavy atom. The summed E-state index contributed by atoms with van der Waals surface area (Å²) in [6, 6.07) is 7.10. The predicted octanol–water partition coefficient (Wildman–Crippen LogP) is 2.34. The molecule has 1 atom stereocenters. The number of halogens is 2. The molecular formula is C17H15ClFN3O2. The molecule has 1 saturated heterocycles. The maximum absolute atomic E-state index is 13.2. The van der Waals surface area contributed by atoms with Gasteiger partial charge in [0.15, 0.2) is 0 Å². The van der Waals surface area contributed by atoms with Crippen LogP contribution in [-0.4, -0.2) is 29.4 Å². The summed E-state index contributed by atoms with van der Waals surface area (Å²) in [4.78, 5) is 30.0. The number of benzene rings is 1. The van der Waals surface area contributed by atoms with E-state index in [0.717, 1.165) is 5.56 Å². The topological polar surface area (TPSA) is 62.3 Å². The number of hydrogen-bond acceptors (Lipinski definition) is 3. The second-order valence-electron chi connectivity index (χ2n) is 5.54. The lowest BCUT2D eigenvalue weighted by Gasteiger charge is -2.17. The minimum atomic E-state index is -0.585. The molecule has 24 heavy (non-hydrogen) atoms. The quantitative estimate of drug-likeness (QED) is 0.923. The van der Waals surface area contributed by atoms with E-state index < -0.39 is 11.9 Å². The lowest BCUT2D eigenvalue weighted by Crippen LogP contribution is -2.42. The van der Waals surface area contributed by atoms with Gasteiger partial charge in [0, 0.05) is 24.6 Å². The van der Waals surface area contributed by atoms with Gasteiger partial charge in [-0.05, 0) is 36.2 Å². The van der Waals surface area contributed by atoms with Crippen molar-refractivity contribution in [2.45, 2.75) is 18.9 Å². The predicted molar refractivity (Wildman–Crippen MR) is 88.3 cm³/mol. The average molecular weight is 348 g/mol. The van der Waals surface area contributed by atoms with E-state index in [1.54, 1.807) is 24.5 Å². The third-order valence-corrected chi connectivity index (χ3v) is 4.13. The highest BCUT2D eigenvalue weighted by Gasteiger charge is 2.33. The molecule has 1 aromatic carbocycles. The van der Waals surface area contributed by atoms with Crippen molar-refractivity contribution in [1.29, 1.82) is 0 Å². The van der Waals surface area contributed by atoms with Gasteiger partial charge >= 0.3 is 0 Å². The van der Waals surface area contributed by atoms with E-state index in [-0.39, 0.29) is 23.3 Å². The van der Waals surface area contributed by atoms with Crippen LogP contribution in [0.2, 0.25) is 5.02 Å². The molecule has 1 aromatic heterocycles. The van der Waals surface area contributed by atoms with Crippen LogP contribution in [0.1, 0.15) is 12.0 Å². The smallest absolute Gasteiger partial charge is 0.249 e. The summed E-state index contributed by atoms with van der Waals surface area (Å²) in [5.74, 6) is -0.995. The normalized spacial score (nSPS) is 17.2. The first-order valence-corrected chi connectivity index (χ1v) is 7.87. The van der Waals surface area contributed by atoms with E-state index in [4.69, 9.17) is 11.6 Å². The number of carbonyl (C=O) groups excluding carboxylic acids is 2. The van der Waals surface area contributed by atoms with Crippen molar-refractivity contribution in [2.75, 3.05) is 11.4 Å². The molecule has 0 aliphatic carbocycles. The molecule has 1 aliphatic rings. The van der Waals surface area contributed by atoms with Crippen molar-refractivity contribution in [2.24, 2.45) is 0 Å². The Hall–Kier alpha value is -2.47. The van der Waals surface area contributed by atoms with Crippen LogP contribution in [0.15, 0.2) is 42.7 Å².